The molecular weight excluding hydrogens is 216 g/mol. The molecule has 16 heavy (non-hydrogen) atoms. The maximum absolute atomic E-state index is 6.47. The first-order valence-corrected chi connectivity index (χ1v) is 6.17. The average Bonchev–Trinajstić information content (AvgIpc) is 2.29. The lowest BCUT2D eigenvalue weighted by atomic mass is 9.94. The van der Waals surface area contributed by atoms with Crippen molar-refractivity contribution in [3.05, 3.63) is 47.5 Å². The predicted octanol–water partition coefficient (Wildman–Crippen LogP) is 5.08. The van der Waals surface area contributed by atoms with Crippen molar-refractivity contribution in [2.24, 2.45) is 5.92 Å². The van der Waals surface area contributed by atoms with E-state index in [1.54, 1.807) is 0 Å². The van der Waals surface area contributed by atoms with Gasteiger partial charge in [-0.05, 0) is 34.7 Å². The van der Waals surface area contributed by atoms with Crippen LogP contribution in [0, 0.1) is 12.8 Å². The second kappa shape index (κ2) is 4.47. The summed E-state index contributed by atoms with van der Waals surface area (Å²) in [5.41, 5.74) is 2.56. The van der Waals surface area contributed by atoms with Gasteiger partial charge in [-0.15, -0.1) is 11.6 Å². The lowest BCUT2D eigenvalue weighted by Gasteiger charge is -2.17. The number of hydrogen-bond donors (Lipinski definition) is 0. The number of fused-ring (bicyclic) bond motifs is 1. The quantitative estimate of drug-likeness (QED) is 0.633. The van der Waals surface area contributed by atoms with Crippen molar-refractivity contribution in [2.75, 3.05) is 0 Å². The van der Waals surface area contributed by atoms with Gasteiger partial charge in [0.15, 0.2) is 0 Å². The van der Waals surface area contributed by atoms with Crippen molar-refractivity contribution in [3.63, 3.8) is 0 Å². The van der Waals surface area contributed by atoms with Crippen LogP contribution in [-0.2, 0) is 0 Å². The van der Waals surface area contributed by atoms with E-state index in [9.17, 15) is 0 Å². The van der Waals surface area contributed by atoms with Crippen molar-refractivity contribution in [1.29, 1.82) is 0 Å². The highest BCUT2D eigenvalue weighted by Gasteiger charge is 2.15. The van der Waals surface area contributed by atoms with Gasteiger partial charge in [-0.3, -0.25) is 0 Å². The second-order valence-corrected chi connectivity index (χ2v) is 5.13. The summed E-state index contributed by atoms with van der Waals surface area (Å²) in [5, 5.41) is 2.69. The van der Waals surface area contributed by atoms with Gasteiger partial charge in [0.05, 0.1) is 5.38 Å². The molecule has 84 valence electrons. The van der Waals surface area contributed by atoms with Crippen LogP contribution in [0.25, 0.3) is 10.8 Å². The molecule has 2 aromatic carbocycles. The zero-order valence-corrected chi connectivity index (χ0v) is 10.8. The summed E-state index contributed by atoms with van der Waals surface area (Å²) < 4.78 is 0. The second-order valence-electron chi connectivity index (χ2n) is 4.66. The van der Waals surface area contributed by atoms with E-state index < -0.39 is 0 Å². The average molecular weight is 233 g/mol. The molecule has 1 heteroatoms. The van der Waals surface area contributed by atoms with E-state index in [1.807, 2.05) is 0 Å². The number of alkyl halides is 1. The van der Waals surface area contributed by atoms with Crippen molar-refractivity contribution in [3.8, 4) is 0 Å². The van der Waals surface area contributed by atoms with Gasteiger partial charge in [-0.2, -0.15) is 0 Å². The molecule has 0 spiro atoms. The summed E-state index contributed by atoms with van der Waals surface area (Å²) in [6.07, 6.45) is 0. The monoisotopic (exact) mass is 232 g/mol. The molecule has 0 aromatic heterocycles. The van der Waals surface area contributed by atoms with Crippen molar-refractivity contribution in [2.45, 2.75) is 26.1 Å². The van der Waals surface area contributed by atoms with E-state index in [-0.39, 0.29) is 5.38 Å². The van der Waals surface area contributed by atoms with E-state index in [4.69, 9.17) is 11.6 Å². The summed E-state index contributed by atoms with van der Waals surface area (Å²) in [4.78, 5) is 0. The fourth-order valence-corrected chi connectivity index (χ4v) is 2.26. The highest BCUT2D eigenvalue weighted by molar-refractivity contribution is 6.22. The Hall–Kier alpha value is -1.01. The van der Waals surface area contributed by atoms with Gasteiger partial charge in [-0.1, -0.05) is 50.2 Å². The molecule has 0 heterocycles. The van der Waals surface area contributed by atoms with Crippen LogP contribution >= 0.6 is 11.6 Å². The zero-order chi connectivity index (χ0) is 11.7. The van der Waals surface area contributed by atoms with Crippen LogP contribution in [0.3, 0.4) is 0 Å². The first-order chi connectivity index (χ1) is 7.61. The number of rotatable bonds is 2. The van der Waals surface area contributed by atoms with Crippen molar-refractivity contribution >= 4 is 22.4 Å². The Bertz CT molecular complexity index is 500. The third-order valence-electron chi connectivity index (χ3n) is 3.06. The number of aryl methyl sites for hydroxylation is 1. The lowest BCUT2D eigenvalue weighted by molar-refractivity contribution is 0.627. The Morgan fingerprint density at radius 1 is 0.938 bits per heavy atom. The van der Waals surface area contributed by atoms with E-state index >= 15 is 0 Å². The number of benzene rings is 2. The molecule has 0 fully saturated rings. The zero-order valence-electron chi connectivity index (χ0n) is 10.00. The molecule has 0 aliphatic carbocycles. The minimum Gasteiger partial charge on any atom is -0.118 e. The maximum Gasteiger partial charge on any atom is 0.0614 e. The Morgan fingerprint density at radius 2 is 1.56 bits per heavy atom. The third kappa shape index (κ3) is 1.94. The van der Waals surface area contributed by atoms with Crippen LogP contribution < -0.4 is 0 Å². The summed E-state index contributed by atoms with van der Waals surface area (Å²) in [5.74, 6) is 0.452. The van der Waals surface area contributed by atoms with E-state index in [0.717, 1.165) is 0 Å². The Balaban J connectivity index is 2.67. The molecule has 0 bridgehead atoms. The Labute approximate surface area is 102 Å². The molecule has 2 rings (SSSR count). The fourth-order valence-electron chi connectivity index (χ4n) is 2.07. The van der Waals surface area contributed by atoms with Crippen LogP contribution in [0.2, 0.25) is 0 Å². The van der Waals surface area contributed by atoms with Crippen LogP contribution in [0.1, 0.15) is 30.4 Å². The minimum absolute atomic E-state index is 0.0884. The first kappa shape index (κ1) is 11.5. The van der Waals surface area contributed by atoms with Gasteiger partial charge >= 0.3 is 0 Å². The van der Waals surface area contributed by atoms with E-state index in [1.165, 1.54) is 21.9 Å². The van der Waals surface area contributed by atoms with Crippen LogP contribution in [0.5, 0.6) is 0 Å². The van der Waals surface area contributed by atoms with Gasteiger partial charge in [0.25, 0.3) is 0 Å². The maximum atomic E-state index is 6.47. The highest BCUT2D eigenvalue weighted by Crippen LogP contribution is 2.34. The van der Waals surface area contributed by atoms with Crippen molar-refractivity contribution in [1.82, 2.24) is 0 Å². The van der Waals surface area contributed by atoms with Gasteiger partial charge < -0.3 is 0 Å². The highest BCUT2D eigenvalue weighted by atomic mass is 35.5. The summed E-state index contributed by atoms with van der Waals surface area (Å²) in [6.45, 7) is 6.46. The number of halogens is 1. The first-order valence-electron chi connectivity index (χ1n) is 5.73. The van der Waals surface area contributed by atoms with E-state index in [0.29, 0.717) is 5.92 Å². The van der Waals surface area contributed by atoms with Crippen LogP contribution in [0.4, 0.5) is 0 Å². The third-order valence-corrected chi connectivity index (χ3v) is 3.80. The van der Waals surface area contributed by atoms with Gasteiger partial charge in [-0.25, -0.2) is 0 Å². The van der Waals surface area contributed by atoms with Crippen molar-refractivity contribution < 1.29 is 0 Å². The Kier molecular flexibility index (Phi) is 3.20. The minimum atomic E-state index is 0.0884. The predicted molar refractivity (Wildman–Crippen MR) is 72.1 cm³/mol. The summed E-state index contributed by atoms with van der Waals surface area (Å²) in [7, 11) is 0. The smallest absolute Gasteiger partial charge is 0.0614 e. The molecule has 0 aliphatic heterocycles. The van der Waals surface area contributed by atoms with Gasteiger partial charge in [0.2, 0.25) is 0 Å². The largest absolute Gasteiger partial charge is 0.118 e. The standard InChI is InChI=1S/C15H17Cl/c1-10(2)15(16)14-9-8-11(3)12-6-4-5-7-13(12)14/h4-10,15H,1-3H3. The molecule has 0 saturated carbocycles. The number of hydrogen-bond acceptors (Lipinski definition) is 0. The lowest BCUT2D eigenvalue weighted by Crippen LogP contribution is -2.00. The molecule has 0 saturated heterocycles. The summed E-state index contributed by atoms with van der Waals surface area (Å²) in [6, 6.07) is 12.8. The molecule has 0 amide bonds. The van der Waals surface area contributed by atoms with E-state index in [2.05, 4.69) is 57.2 Å². The molecule has 0 N–H and O–H groups in total. The SMILES string of the molecule is Cc1ccc(C(Cl)C(C)C)c2ccccc12. The molecule has 0 nitrogen and oxygen atoms in total. The van der Waals surface area contributed by atoms with Crippen LogP contribution in [-0.4, -0.2) is 0 Å². The van der Waals surface area contributed by atoms with Gasteiger partial charge in [0.1, 0.15) is 0 Å². The summed E-state index contributed by atoms with van der Waals surface area (Å²) >= 11 is 6.47. The molecule has 0 aliphatic rings. The molecule has 1 atom stereocenters. The molecule has 0 radical (unpaired) electrons. The molecular formula is C15H17Cl. The van der Waals surface area contributed by atoms with Gasteiger partial charge in [0, 0.05) is 0 Å². The Morgan fingerprint density at radius 3 is 2.19 bits per heavy atom. The topological polar surface area (TPSA) is 0 Å². The normalized spacial score (nSPS) is 13.3. The molecule has 2 aromatic rings. The van der Waals surface area contributed by atoms with Crippen LogP contribution in [0.15, 0.2) is 36.4 Å². The fraction of sp³-hybridized carbons (Fsp3) is 0.333. The molecule has 1 unspecified atom stereocenters.